The van der Waals surface area contributed by atoms with Crippen molar-refractivity contribution in [1.82, 2.24) is 0 Å². The van der Waals surface area contributed by atoms with Gasteiger partial charge >= 0.3 is 0 Å². The van der Waals surface area contributed by atoms with Crippen molar-refractivity contribution in [3.05, 3.63) is 65.2 Å². The van der Waals surface area contributed by atoms with Crippen LogP contribution < -0.4 is 18.6 Å². The molecule has 124 valence electrons. The summed E-state index contributed by atoms with van der Waals surface area (Å²) in [5.41, 5.74) is 5.98. The van der Waals surface area contributed by atoms with Gasteiger partial charge in [0.05, 0.1) is 0 Å². The molecule has 1 aromatic heterocycles. The van der Waals surface area contributed by atoms with Gasteiger partial charge in [-0.15, -0.1) is 10.2 Å². The topological polar surface area (TPSA) is 92.2 Å². The summed E-state index contributed by atoms with van der Waals surface area (Å²) < 4.78 is 35.4. The molecule has 6 heteroatoms. The van der Waals surface area contributed by atoms with Gasteiger partial charge in [-0.1, -0.05) is 30.3 Å². The van der Waals surface area contributed by atoms with E-state index in [1.165, 1.54) is 44.5 Å². The van der Waals surface area contributed by atoms with E-state index in [4.69, 9.17) is 18.6 Å². The van der Waals surface area contributed by atoms with Crippen LogP contribution in [0.2, 0.25) is 0 Å². The maximum atomic E-state index is 8.49. The van der Waals surface area contributed by atoms with E-state index < -0.39 is 10.2 Å². The van der Waals surface area contributed by atoms with E-state index in [0.29, 0.717) is 0 Å². The van der Waals surface area contributed by atoms with Crippen molar-refractivity contribution in [2.24, 2.45) is 0 Å². The number of hydrogen-bond acceptors (Lipinski definition) is 4. The van der Waals surface area contributed by atoms with Gasteiger partial charge in [-0.05, 0) is 43.0 Å². The Kier molecular flexibility index (Phi) is 4.83. The third kappa shape index (κ3) is 3.72. The van der Waals surface area contributed by atoms with Crippen LogP contribution in [0.1, 0.15) is 16.7 Å². The molecule has 1 heterocycles. The number of rotatable bonds is 0. The van der Waals surface area contributed by atoms with E-state index in [1.807, 2.05) is 11.3 Å². The Morgan fingerprint density at radius 1 is 0.875 bits per heavy atom. The van der Waals surface area contributed by atoms with Gasteiger partial charge in [0.1, 0.15) is 0 Å². The summed E-state index contributed by atoms with van der Waals surface area (Å²) in [5.74, 6) is 0. The predicted molar refractivity (Wildman–Crippen MR) is 83.8 cm³/mol. The summed E-state index contributed by atoms with van der Waals surface area (Å²) in [4.78, 5) is 1.48. The average Bonchev–Trinajstić information content (AvgIpc) is 2.53. The van der Waals surface area contributed by atoms with Gasteiger partial charge in [-0.2, -0.15) is 0 Å². The van der Waals surface area contributed by atoms with Crippen LogP contribution in [0.25, 0.3) is 20.5 Å². The van der Waals surface area contributed by atoms with Crippen LogP contribution in [-0.4, -0.2) is 0 Å². The van der Waals surface area contributed by atoms with Gasteiger partial charge in [0.25, 0.3) is 0 Å². The molecular formula is C18H15ClO4S. The molecule has 0 fully saturated rings. The van der Waals surface area contributed by atoms with Gasteiger partial charge in [0.15, 0.2) is 0 Å². The van der Waals surface area contributed by atoms with Gasteiger partial charge in [0, 0.05) is 22.6 Å². The third-order valence-corrected chi connectivity index (χ3v) is 5.38. The number of benzene rings is 2. The minimum atomic E-state index is -4.94. The Balaban J connectivity index is 0.000000300. The number of hydrogen-bond donors (Lipinski definition) is 0. The van der Waals surface area contributed by atoms with Crippen LogP contribution in [-0.2, 0) is 12.8 Å². The third-order valence-electron chi connectivity index (χ3n) is 4.14. The Bertz CT molecular complexity index is 884. The highest BCUT2D eigenvalue weighted by Crippen LogP contribution is 2.41. The monoisotopic (exact) mass is 362 g/mol. The maximum Gasteiger partial charge on any atom is 0.242 e. The van der Waals surface area contributed by atoms with Gasteiger partial charge in [0.2, 0.25) is 20.9 Å². The molecule has 0 radical (unpaired) electrons. The normalized spacial score (nSPS) is 12.9. The molecule has 0 N–H and O–H groups in total. The van der Waals surface area contributed by atoms with E-state index in [0.717, 1.165) is 0 Å². The second-order valence-corrected chi connectivity index (χ2v) is 7.37. The highest BCUT2D eigenvalue weighted by molar-refractivity contribution is 7.21. The Hall–Kier alpha value is -1.60. The molecule has 0 atom stereocenters. The number of fused-ring (bicyclic) bond motifs is 4. The summed E-state index contributed by atoms with van der Waals surface area (Å²) in [7, 11) is -4.94. The fraction of sp³-hybridized carbons (Fsp3) is 0.167. The van der Waals surface area contributed by atoms with Crippen LogP contribution in [0.4, 0.5) is 0 Å². The molecule has 0 aliphatic heterocycles. The zero-order chi connectivity index (χ0) is 17.3. The Morgan fingerprint density at radius 2 is 1.50 bits per heavy atom. The van der Waals surface area contributed by atoms with Crippen molar-refractivity contribution < 1.29 is 28.9 Å². The van der Waals surface area contributed by atoms with Crippen molar-refractivity contribution in [2.45, 2.75) is 19.8 Å². The molecule has 4 nitrogen and oxygen atoms in total. The van der Waals surface area contributed by atoms with Crippen LogP contribution >= 0.6 is 11.3 Å². The number of halogens is 1. The molecule has 0 saturated heterocycles. The lowest BCUT2D eigenvalue weighted by Gasteiger charge is -2.17. The molecule has 2 aromatic carbocycles. The van der Waals surface area contributed by atoms with E-state index in [2.05, 4.69) is 55.5 Å². The highest BCUT2D eigenvalue weighted by atomic mass is 35.7. The molecule has 0 unspecified atom stereocenters. The second-order valence-electron chi connectivity index (χ2n) is 5.57. The molecule has 0 saturated carbocycles. The molecule has 0 amide bonds. The van der Waals surface area contributed by atoms with E-state index >= 15 is 0 Å². The molecule has 3 aromatic rings. The lowest BCUT2D eigenvalue weighted by molar-refractivity contribution is -2.00. The first-order valence-corrected chi connectivity index (χ1v) is 9.44. The Morgan fingerprint density at radius 3 is 2.25 bits per heavy atom. The van der Waals surface area contributed by atoms with Crippen LogP contribution in [0.15, 0.2) is 48.5 Å². The minimum Gasteiger partial charge on any atom is -0.222 e. The van der Waals surface area contributed by atoms with Crippen molar-refractivity contribution in [3.63, 3.8) is 0 Å². The van der Waals surface area contributed by atoms with Gasteiger partial charge < -0.3 is 0 Å². The molecule has 0 spiro atoms. The van der Waals surface area contributed by atoms with Crippen LogP contribution in [0.3, 0.4) is 0 Å². The molecule has 1 aliphatic carbocycles. The molecule has 24 heavy (non-hydrogen) atoms. The lowest BCUT2D eigenvalue weighted by atomic mass is 9.88. The SMILES string of the molecule is Cc1c2c([s+]c3ccccc13)-c1ccccc1CC2.[O-][Cl+3]([O-])([O-])[O-]. The first-order chi connectivity index (χ1) is 11.3. The quantitative estimate of drug-likeness (QED) is 0.544. The summed E-state index contributed by atoms with van der Waals surface area (Å²) in [6.45, 7) is 2.28. The Labute approximate surface area is 146 Å². The fourth-order valence-electron chi connectivity index (χ4n) is 3.11. The predicted octanol–water partition coefficient (Wildman–Crippen LogP) is 0.500. The summed E-state index contributed by atoms with van der Waals surface area (Å²) in [6, 6.07) is 17.6. The van der Waals surface area contributed by atoms with Gasteiger partial charge in [-0.25, -0.2) is 18.6 Å². The number of aryl methyl sites for hydroxylation is 2. The van der Waals surface area contributed by atoms with Crippen molar-refractivity contribution in [2.75, 3.05) is 0 Å². The molecular weight excluding hydrogens is 348 g/mol. The first kappa shape index (κ1) is 17.2. The van der Waals surface area contributed by atoms with Gasteiger partial charge in [-0.3, -0.25) is 0 Å². The average molecular weight is 363 g/mol. The molecule has 4 rings (SSSR count). The van der Waals surface area contributed by atoms with E-state index in [9.17, 15) is 0 Å². The minimum absolute atomic E-state index is 1.18. The van der Waals surface area contributed by atoms with Crippen LogP contribution in [0, 0.1) is 17.2 Å². The van der Waals surface area contributed by atoms with Crippen molar-refractivity contribution in [3.8, 4) is 10.4 Å². The largest absolute Gasteiger partial charge is 0.242 e. The highest BCUT2D eigenvalue weighted by Gasteiger charge is 2.27. The van der Waals surface area contributed by atoms with Crippen LogP contribution in [0.5, 0.6) is 0 Å². The fourth-order valence-corrected chi connectivity index (χ4v) is 4.49. The van der Waals surface area contributed by atoms with E-state index in [1.54, 1.807) is 5.56 Å². The molecule has 0 bridgehead atoms. The lowest BCUT2D eigenvalue weighted by Crippen LogP contribution is -2.68. The first-order valence-electron chi connectivity index (χ1n) is 7.39. The summed E-state index contributed by atoms with van der Waals surface area (Å²) in [5, 5.41) is 1.42. The smallest absolute Gasteiger partial charge is 0.222 e. The zero-order valence-electron chi connectivity index (χ0n) is 13.0. The zero-order valence-corrected chi connectivity index (χ0v) is 14.5. The second kappa shape index (κ2) is 6.72. The van der Waals surface area contributed by atoms with Crippen molar-refractivity contribution >= 4 is 21.4 Å². The standard InChI is InChI=1S/C18H15S.ClHO4/c1-12-14-7-4-5-9-17(14)19-18-15(12)11-10-13-6-2-3-8-16(13)18;2-1(3,4)5/h2-9H,10-11H2,1H3;(H,2,3,4,5)/q+1;/p-1. The summed E-state index contributed by atoms with van der Waals surface area (Å²) in [6.07, 6.45) is 2.36. The van der Waals surface area contributed by atoms with Crippen molar-refractivity contribution in [1.29, 1.82) is 0 Å². The summed E-state index contributed by atoms with van der Waals surface area (Å²) >= 11 is 1.95. The maximum absolute atomic E-state index is 8.49. The van der Waals surface area contributed by atoms with E-state index in [-0.39, 0.29) is 0 Å². The molecule has 1 aliphatic rings.